The van der Waals surface area contributed by atoms with Gasteiger partial charge in [-0.15, -0.1) is 0 Å². The predicted molar refractivity (Wildman–Crippen MR) is 56.6 cm³/mol. The second kappa shape index (κ2) is 4.39. The zero-order chi connectivity index (χ0) is 10.7. The molecule has 1 aromatic heterocycles. The molecular formula is C10H17N3O. The second-order valence-electron chi connectivity index (χ2n) is 3.48. The van der Waals surface area contributed by atoms with Crippen molar-refractivity contribution in [3.63, 3.8) is 0 Å². The Kier molecular flexibility index (Phi) is 3.43. The molecule has 0 saturated carbocycles. The van der Waals surface area contributed by atoms with Crippen molar-refractivity contribution in [1.82, 2.24) is 4.98 Å². The van der Waals surface area contributed by atoms with E-state index in [4.69, 9.17) is 11.5 Å². The number of anilines is 1. The average molecular weight is 195 g/mol. The van der Waals surface area contributed by atoms with Gasteiger partial charge < -0.3 is 16.6 Å². The molecule has 0 aromatic carbocycles. The van der Waals surface area contributed by atoms with E-state index in [2.05, 4.69) is 4.98 Å². The SMILES string of the molecule is CC[C@@H](N)[C@H](O)c1cnc(N)cc1C. The highest BCUT2D eigenvalue weighted by Crippen LogP contribution is 2.21. The first-order valence-corrected chi connectivity index (χ1v) is 4.72. The summed E-state index contributed by atoms with van der Waals surface area (Å²) in [6.45, 7) is 3.83. The molecule has 0 amide bonds. The lowest BCUT2D eigenvalue weighted by Gasteiger charge is -2.19. The summed E-state index contributed by atoms with van der Waals surface area (Å²) < 4.78 is 0. The van der Waals surface area contributed by atoms with Gasteiger partial charge in [0.15, 0.2) is 0 Å². The van der Waals surface area contributed by atoms with E-state index in [0.29, 0.717) is 5.82 Å². The molecule has 14 heavy (non-hydrogen) atoms. The number of aliphatic hydroxyl groups excluding tert-OH is 1. The maximum atomic E-state index is 9.85. The van der Waals surface area contributed by atoms with Gasteiger partial charge >= 0.3 is 0 Å². The molecule has 1 heterocycles. The quantitative estimate of drug-likeness (QED) is 0.664. The van der Waals surface area contributed by atoms with Crippen LogP contribution in [-0.4, -0.2) is 16.1 Å². The lowest BCUT2D eigenvalue weighted by Crippen LogP contribution is -2.28. The Morgan fingerprint density at radius 1 is 1.57 bits per heavy atom. The van der Waals surface area contributed by atoms with Crippen LogP contribution >= 0.6 is 0 Å². The molecule has 0 fully saturated rings. The molecule has 78 valence electrons. The van der Waals surface area contributed by atoms with Gasteiger partial charge in [-0.05, 0) is 25.0 Å². The van der Waals surface area contributed by atoms with Crippen molar-refractivity contribution in [2.24, 2.45) is 5.73 Å². The third-order valence-electron chi connectivity index (χ3n) is 2.37. The van der Waals surface area contributed by atoms with Crippen LogP contribution < -0.4 is 11.5 Å². The third-order valence-corrected chi connectivity index (χ3v) is 2.37. The highest BCUT2D eigenvalue weighted by Gasteiger charge is 2.17. The molecular weight excluding hydrogens is 178 g/mol. The standard InChI is InChI=1S/C10H17N3O/c1-3-8(11)10(14)7-5-13-9(12)4-6(7)2/h4-5,8,10,14H,3,11H2,1-2H3,(H2,12,13)/t8-,10-/m1/s1. The minimum atomic E-state index is -0.659. The number of aromatic nitrogens is 1. The number of aliphatic hydroxyl groups is 1. The van der Waals surface area contributed by atoms with E-state index in [0.717, 1.165) is 17.5 Å². The van der Waals surface area contributed by atoms with Gasteiger partial charge in [0.25, 0.3) is 0 Å². The third kappa shape index (κ3) is 2.21. The summed E-state index contributed by atoms with van der Waals surface area (Å²) in [5.41, 5.74) is 12.9. The van der Waals surface area contributed by atoms with Crippen LogP contribution in [-0.2, 0) is 0 Å². The van der Waals surface area contributed by atoms with Gasteiger partial charge in [-0.3, -0.25) is 0 Å². The summed E-state index contributed by atoms with van der Waals surface area (Å²) in [5.74, 6) is 0.462. The monoisotopic (exact) mass is 195 g/mol. The summed E-state index contributed by atoms with van der Waals surface area (Å²) in [6.07, 6.45) is 1.66. The van der Waals surface area contributed by atoms with Crippen LogP contribution in [0.4, 0.5) is 5.82 Å². The average Bonchev–Trinajstić information content (AvgIpc) is 2.15. The van der Waals surface area contributed by atoms with Gasteiger partial charge in [0.1, 0.15) is 5.82 Å². The maximum absolute atomic E-state index is 9.85. The molecule has 0 radical (unpaired) electrons. The van der Waals surface area contributed by atoms with Crippen molar-refractivity contribution in [2.75, 3.05) is 5.73 Å². The molecule has 2 atom stereocenters. The fraction of sp³-hybridized carbons (Fsp3) is 0.500. The van der Waals surface area contributed by atoms with E-state index in [1.54, 1.807) is 12.3 Å². The maximum Gasteiger partial charge on any atom is 0.123 e. The highest BCUT2D eigenvalue weighted by molar-refractivity contribution is 5.37. The Bertz CT molecular complexity index is 314. The van der Waals surface area contributed by atoms with E-state index in [9.17, 15) is 5.11 Å². The van der Waals surface area contributed by atoms with Crippen LogP contribution in [0.2, 0.25) is 0 Å². The Labute approximate surface area is 83.9 Å². The number of hydrogen-bond donors (Lipinski definition) is 3. The summed E-state index contributed by atoms with van der Waals surface area (Å²) in [7, 11) is 0. The molecule has 0 spiro atoms. The predicted octanol–water partition coefficient (Wildman–Crippen LogP) is 0.743. The molecule has 1 aromatic rings. The van der Waals surface area contributed by atoms with E-state index < -0.39 is 6.10 Å². The molecule has 4 nitrogen and oxygen atoms in total. The summed E-state index contributed by atoms with van der Waals surface area (Å²) in [6, 6.07) is 1.49. The first-order valence-electron chi connectivity index (χ1n) is 4.72. The number of nitrogen functional groups attached to an aromatic ring is 1. The lowest BCUT2D eigenvalue weighted by atomic mass is 9.99. The number of aryl methyl sites for hydroxylation is 1. The van der Waals surface area contributed by atoms with Crippen molar-refractivity contribution in [2.45, 2.75) is 32.4 Å². The van der Waals surface area contributed by atoms with E-state index >= 15 is 0 Å². The van der Waals surface area contributed by atoms with Gasteiger partial charge in [-0.25, -0.2) is 4.98 Å². The van der Waals surface area contributed by atoms with Gasteiger partial charge in [0, 0.05) is 17.8 Å². The molecule has 0 aliphatic rings. The van der Waals surface area contributed by atoms with Crippen LogP contribution in [0.25, 0.3) is 0 Å². The summed E-state index contributed by atoms with van der Waals surface area (Å²) in [5, 5.41) is 9.85. The van der Waals surface area contributed by atoms with Crippen LogP contribution in [0.5, 0.6) is 0 Å². The molecule has 0 bridgehead atoms. The smallest absolute Gasteiger partial charge is 0.123 e. The van der Waals surface area contributed by atoms with Crippen LogP contribution in [0.1, 0.15) is 30.6 Å². The van der Waals surface area contributed by atoms with Crippen molar-refractivity contribution in [3.8, 4) is 0 Å². The van der Waals surface area contributed by atoms with Crippen LogP contribution in [0, 0.1) is 6.92 Å². The number of rotatable bonds is 3. The molecule has 0 aliphatic heterocycles. The first-order chi connectivity index (χ1) is 6.56. The number of nitrogens with two attached hydrogens (primary N) is 2. The summed E-state index contributed by atoms with van der Waals surface area (Å²) in [4.78, 5) is 3.94. The van der Waals surface area contributed by atoms with Crippen LogP contribution in [0.3, 0.4) is 0 Å². The Balaban J connectivity index is 2.95. The fourth-order valence-electron chi connectivity index (χ4n) is 1.35. The number of nitrogens with zero attached hydrogens (tertiary/aromatic N) is 1. The lowest BCUT2D eigenvalue weighted by molar-refractivity contribution is 0.143. The Morgan fingerprint density at radius 3 is 2.71 bits per heavy atom. The zero-order valence-corrected chi connectivity index (χ0v) is 8.57. The van der Waals surface area contributed by atoms with Crippen molar-refractivity contribution in [1.29, 1.82) is 0 Å². The molecule has 5 N–H and O–H groups in total. The highest BCUT2D eigenvalue weighted by atomic mass is 16.3. The molecule has 4 heteroatoms. The van der Waals surface area contributed by atoms with Gasteiger partial charge in [-0.2, -0.15) is 0 Å². The second-order valence-corrected chi connectivity index (χ2v) is 3.48. The zero-order valence-electron chi connectivity index (χ0n) is 8.57. The number of pyridine rings is 1. The van der Waals surface area contributed by atoms with Gasteiger partial charge in [0.2, 0.25) is 0 Å². The van der Waals surface area contributed by atoms with Crippen LogP contribution in [0.15, 0.2) is 12.3 Å². The molecule has 1 rings (SSSR count). The first kappa shape index (κ1) is 10.9. The van der Waals surface area contributed by atoms with E-state index in [1.165, 1.54) is 0 Å². The van der Waals surface area contributed by atoms with Gasteiger partial charge in [-0.1, -0.05) is 6.92 Å². The topological polar surface area (TPSA) is 85.2 Å². The molecule has 0 aliphatic carbocycles. The van der Waals surface area contributed by atoms with Crippen molar-refractivity contribution >= 4 is 5.82 Å². The fourth-order valence-corrected chi connectivity index (χ4v) is 1.35. The van der Waals surface area contributed by atoms with Crippen molar-refractivity contribution < 1.29 is 5.11 Å². The minimum absolute atomic E-state index is 0.251. The minimum Gasteiger partial charge on any atom is -0.387 e. The largest absolute Gasteiger partial charge is 0.387 e. The molecule has 0 saturated heterocycles. The summed E-state index contributed by atoms with van der Waals surface area (Å²) >= 11 is 0. The Hall–Kier alpha value is -1.13. The van der Waals surface area contributed by atoms with Gasteiger partial charge in [0.05, 0.1) is 6.10 Å². The Morgan fingerprint density at radius 2 is 2.21 bits per heavy atom. The van der Waals surface area contributed by atoms with Crippen molar-refractivity contribution in [3.05, 3.63) is 23.4 Å². The normalized spacial score (nSPS) is 15.1. The molecule has 0 unspecified atom stereocenters. The van der Waals surface area contributed by atoms with E-state index in [-0.39, 0.29) is 6.04 Å². The van der Waals surface area contributed by atoms with E-state index in [1.807, 2.05) is 13.8 Å². The number of hydrogen-bond acceptors (Lipinski definition) is 4.